The van der Waals surface area contributed by atoms with Crippen molar-refractivity contribution in [3.8, 4) is 0 Å². The van der Waals surface area contributed by atoms with Gasteiger partial charge < -0.3 is 5.73 Å². The number of benzene rings is 2. The van der Waals surface area contributed by atoms with Crippen molar-refractivity contribution < 1.29 is 4.39 Å². The summed E-state index contributed by atoms with van der Waals surface area (Å²) in [5.41, 5.74) is 10.3. The molecule has 0 aromatic heterocycles. The molecule has 0 heterocycles. The minimum Gasteiger partial charge on any atom is -0.324 e. The van der Waals surface area contributed by atoms with Gasteiger partial charge in [-0.3, -0.25) is 0 Å². The van der Waals surface area contributed by atoms with Gasteiger partial charge in [0.25, 0.3) is 0 Å². The molecular formula is C16H17BrFN. The molecule has 0 saturated heterocycles. The van der Waals surface area contributed by atoms with Crippen molar-refractivity contribution in [2.24, 2.45) is 5.73 Å². The van der Waals surface area contributed by atoms with Gasteiger partial charge in [-0.1, -0.05) is 34.1 Å². The van der Waals surface area contributed by atoms with Gasteiger partial charge in [0, 0.05) is 16.1 Å². The molecule has 2 aromatic rings. The van der Waals surface area contributed by atoms with Gasteiger partial charge in [-0.2, -0.15) is 0 Å². The lowest BCUT2D eigenvalue weighted by Gasteiger charge is -2.17. The highest BCUT2D eigenvalue weighted by Gasteiger charge is 2.14. The molecule has 0 bridgehead atoms. The van der Waals surface area contributed by atoms with Gasteiger partial charge in [0.05, 0.1) is 0 Å². The second-order valence-electron chi connectivity index (χ2n) is 4.85. The predicted molar refractivity (Wildman–Crippen MR) is 80.6 cm³/mol. The molecule has 0 radical (unpaired) electrons. The Kier molecular flexibility index (Phi) is 4.38. The van der Waals surface area contributed by atoms with Crippen molar-refractivity contribution in [3.63, 3.8) is 0 Å². The van der Waals surface area contributed by atoms with E-state index in [0.717, 1.165) is 4.47 Å². The quantitative estimate of drug-likeness (QED) is 0.888. The Labute approximate surface area is 121 Å². The summed E-state index contributed by atoms with van der Waals surface area (Å²) in [5.74, 6) is -0.248. The predicted octanol–water partition coefficient (Wildman–Crippen LogP) is 4.45. The fourth-order valence-electron chi connectivity index (χ4n) is 2.30. The standard InChI is InChI=1S/C16H17BrFN/c1-10-4-3-5-11(2)13(10)9-16(19)14-8-12(17)6-7-15(14)18/h3-8,16H,9,19H2,1-2H3. The van der Waals surface area contributed by atoms with E-state index in [1.807, 2.05) is 6.07 Å². The maximum absolute atomic E-state index is 13.8. The first-order valence-corrected chi connectivity index (χ1v) is 7.04. The van der Waals surface area contributed by atoms with Crippen LogP contribution in [0.15, 0.2) is 40.9 Å². The molecule has 2 rings (SSSR count). The Hall–Kier alpha value is -1.19. The van der Waals surface area contributed by atoms with E-state index >= 15 is 0 Å². The maximum Gasteiger partial charge on any atom is 0.128 e. The molecule has 0 saturated carbocycles. The highest BCUT2D eigenvalue weighted by Crippen LogP contribution is 2.25. The fraction of sp³-hybridized carbons (Fsp3) is 0.250. The van der Waals surface area contributed by atoms with Crippen LogP contribution in [0.3, 0.4) is 0 Å². The van der Waals surface area contributed by atoms with Crippen LogP contribution in [0.1, 0.15) is 28.3 Å². The number of aryl methyl sites for hydroxylation is 2. The van der Waals surface area contributed by atoms with Crippen molar-refractivity contribution in [1.29, 1.82) is 0 Å². The summed E-state index contributed by atoms with van der Waals surface area (Å²) >= 11 is 3.36. The Bertz CT molecular complexity index is 575. The van der Waals surface area contributed by atoms with Crippen LogP contribution in [0.2, 0.25) is 0 Å². The Morgan fingerprint density at radius 1 is 1.16 bits per heavy atom. The second kappa shape index (κ2) is 5.85. The van der Waals surface area contributed by atoms with E-state index in [2.05, 4.69) is 41.9 Å². The van der Waals surface area contributed by atoms with Gasteiger partial charge in [-0.05, 0) is 55.2 Å². The smallest absolute Gasteiger partial charge is 0.128 e. The number of nitrogens with two attached hydrogens (primary N) is 1. The molecule has 2 N–H and O–H groups in total. The van der Waals surface area contributed by atoms with E-state index in [4.69, 9.17) is 5.73 Å². The zero-order chi connectivity index (χ0) is 14.0. The Morgan fingerprint density at radius 3 is 2.42 bits per heavy atom. The summed E-state index contributed by atoms with van der Waals surface area (Å²) < 4.78 is 14.7. The molecule has 0 aliphatic rings. The SMILES string of the molecule is Cc1cccc(C)c1CC(N)c1cc(Br)ccc1F. The first-order valence-electron chi connectivity index (χ1n) is 6.24. The minimum atomic E-state index is -0.336. The van der Waals surface area contributed by atoms with Crippen LogP contribution in [0.5, 0.6) is 0 Å². The Balaban J connectivity index is 2.31. The topological polar surface area (TPSA) is 26.0 Å². The Morgan fingerprint density at radius 2 is 1.79 bits per heavy atom. The molecule has 1 nitrogen and oxygen atoms in total. The largest absolute Gasteiger partial charge is 0.324 e. The van der Waals surface area contributed by atoms with E-state index in [0.29, 0.717) is 12.0 Å². The molecule has 19 heavy (non-hydrogen) atoms. The van der Waals surface area contributed by atoms with Crippen LogP contribution in [-0.4, -0.2) is 0 Å². The summed E-state index contributed by atoms with van der Waals surface area (Å²) in [6, 6.07) is 10.7. The number of hydrogen-bond acceptors (Lipinski definition) is 1. The first kappa shape index (κ1) is 14.2. The van der Waals surface area contributed by atoms with Crippen LogP contribution in [0.25, 0.3) is 0 Å². The van der Waals surface area contributed by atoms with Crippen LogP contribution < -0.4 is 5.73 Å². The van der Waals surface area contributed by atoms with Crippen molar-refractivity contribution in [2.45, 2.75) is 26.3 Å². The van der Waals surface area contributed by atoms with Gasteiger partial charge in [0.1, 0.15) is 5.82 Å². The highest BCUT2D eigenvalue weighted by molar-refractivity contribution is 9.10. The van der Waals surface area contributed by atoms with Crippen molar-refractivity contribution in [1.82, 2.24) is 0 Å². The number of hydrogen-bond donors (Lipinski definition) is 1. The average molecular weight is 322 g/mol. The van der Waals surface area contributed by atoms with Crippen molar-refractivity contribution in [3.05, 3.63) is 68.9 Å². The summed E-state index contributed by atoms with van der Waals surface area (Å²) in [4.78, 5) is 0. The summed E-state index contributed by atoms with van der Waals surface area (Å²) in [5, 5.41) is 0. The third-order valence-electron chi connectivity index (χ3n) is 3.43. The lowest BCUT2D eigenvalue weighted by molar-refractivity contribution is 0.579. The van der Waals surface area contributed by atoms with E-state index in [1.165, 1.54) is 22.8 Å². The summed E-state index contributed by atoms with van der Waals surface area (Å²) in [7, 11) is 0. The molecule has 2 aromatic carbocycles. The van der Waals surface area contributed by atoms with Gasteiger partial charge in [-0.15, -0.1) is 0 Å². The van der Waals surface area contributed by atoms with E-state index < -0.39 is 0 Å². The van der Waals surface area contributed by atoms with Gasteiger partial charge in [0.2, 0.25) is 0 Å². The molecule has 1 atom stereocenters. The van der Waals surface area contributed by atoms with Crippen molar-refractivity contribution in [2.75, 3.05) is 0 Å². The number of halogens is 2. The second-order valence-corrected chi connectivity index (χ2v) is 5.76. The van der Waals surface area contributed by atoms with Crippen molar-refractivity contribution >= 4 is 15.9 Å². The summed E-state index contributed by atoms with van der Waals surface area (Å²) in [6.07, 6.45) is 0.645. The zero-order valence-electron chi connectivity index (χ0n) is 11.1. The fourth-order valence-corrected chi connectivity index (χ4v) is 2.68. The minimum absolute atomic E-state index is 0.248. The molecule has 0 aliphatic heterocycles. The average Bonchev–Trinajstić information content (AvgIpc) is 2.37. The van der Waals surface area contributed by atoms with E-state index in [1.54, 1.807) is 12.1 Å². The zero-order valence-corrected chi connectivity index (χ0v) is 12.7. The monoisotopic (exact) mass is 321 g/mol. The summed E-state index contributed by atoms with van der Waals surface area (Å²) in [6.45, 7) is 4.12. The van der Waals surface area contributed by atoms with Crippen LogP contribution in [0, 0.1) is 19.7 Å². The van der Waals surface area contributed by atoms with E-state index in [-0.39, 0.29) is 11.9 Å². The van der Waals surface area contributed by atoms with Crippen LogP contribution in [0.4, 0.5) is 4.39 Å². The molecular weight excluding hydrogens is 305 g/mol. The molecule has 100 valence electrons. The normalized spacial score (nSPS) is 12.5. The first-order chi connectivity index (χ1) is 8.99. The molecule has 0 fully saturated rings. The van der Waals surface area contributed by atoms with Crippen LogP contribution >= 0.6 is 15.9 Å². The highest BCUT2D eigenvalue weighted by atomic mass is 79.9. The van der Waals surface area contributed by atoms with E-state index in [9.17, 15) is 4.39 Å². The third kappa shape index (κ3) is 3.23. The molecule has 0 spiro atoms. The van der Waals surface area contributed by atoms with Gasteiger partial charge in [-0.25, -0.2) is 4.39 Å². The van der Waals surface area contributed by atoms with Gasteiger partial charge in [0.15, 0.2) is 0 Å². The molecule has 3 heteroatoms. The number of rotatable bonds is 3. The third-order valence-corrected chi connectivity index (χ3v) is 3.92. The lowest BCUT2D eigenvalue weighted by atomic mass is 9.93. The molecule has 1 unspecified atom stereocenters. The van der Waals surface area contributed by atoms with Crippen LogP contribution in [-0.2, 0) is 6.42 Å². The van der Waals surface area contributed by atoms with Gasteiger partial charge >= 0.3 is 0 Å². The molecule has 0 aliphatic carbocycles. The molecule has 0 amide bonds. The lowest BCUT2D eigenvalue weighted by Crippen LogP contribution is -2.16. The maximum atomic E-state index is 13.8.